The van der Waals surface area contributed by atoms with E-state index in [9.17, 15) is 4.79 Å². The second-order valence-corrected chi connectivity index (χ2v) is 4.36. The van der Waals surface area contributed by atoms with E-state index in [0.717, 1.165) is 28.1 Å². The Morgan fingerprint density at radius 2 is 2.47 bits per heavy atom. The van der Waals surface area contributed by atoms with Crippen LogP contribution in [0.3, 0.4) is 0 Å². The van der Waals surface area contributed by atoms with Crippen LogP contribution in [-0.2, 0) is 11.2 Å². The smallest absolute Gasteiger partial charge is 0.328 e. The molecule has 0 unspecified atom stereocenters. The van der Waals surface area contributed by atoms with Gasteiger partial charge in [0, 0.05) is 6.08 Å². The maximum Gasteiger partial charge on any atom is 0.328 e. The molecule has 0 aromatic carbocycles. The highest BCUT2D eigenvalue weighted by Gasteiger charge is 2.11. The minimum absolute atomic E-state index is 0.708. The van der Waals surface area contributed by atoms with Crippen LogP contribution >= 0.6 is 11.3 Å². The lowest BCUT2D eigenvalue weighted by Gasteiger charge is -1.89. The highest BCUT2D eigenvalue weighted by atomic mass is 32.1. The Morgan fingerprint density at radius 3 is 3.06 bits per heavy atom. The number of thiazole rings is 1. The highest BCUT2D eigenvalue weighted by molar-refractivity contribution is 7.16. The van der Waals surface area contributed by atoms with Crippen LogP contribution in [0.25, 0.3) is 16.8 Å². The first-order valence-electron chi connectivity index (χ1n) is 5.15. The summed E-state index contributed by atoms with van der Waals surface area (Å²) < 4.78 is 5.27. The summed E-state index contributed by atoms with van der Waals surface area (Å²) >= 11 is 1.43. The molecule has 5 heteroatoms. The average Bonchev–Trinajstić information content (AvgIpc) is 2.94. The van der Waals surface area contributed by atoms with Gasteiger partial charge in [0.2, 0.25) is 0 Å². The van der Waals surface area contributed by atoms with E-state index in [4.69, 9.17) is 9.52 Å². The van der Waals surface area contributed by atoms with Gasteiger partial charge in [0.1, 0.15) is 0 Å². The highest BCUT2D eigenvalue weighted by Crippen LogP contribution is 2.29. The van der Waals surface area contributed by atoms with Crippen molar-refractivity contribution in [2.75, 3.05) is 0 Å². The number of aliphatic carboxylic acids is 1. The molecule has 0 bridgehead atoms. The summed E-state index contributed by atoms with van der Waals surface area (Å²) in [5.41, 5.74) is 0.888. The number of nitrogens with zero attached hydrogens (tertiary/aromatic N) is 1. The Kier molecular flexibility index (Phi) is 3.39. The molecular weight excluding hydrogens is 238 g/mol. The fourth-order valence-electron chi connectivity index (χ4n) is 1.40. The number of furan rings is 1. The van der Waals surface area contributed by atoms with E-state index in [1.54, 1.807) is 18.4 Å². The van der Waals surface area contributed by atoms with Crippen molar-refractivity contribution in [3.63, 3.8) is 0 Å². The molecule has 0 atom stereocenters. The van der Waals surface area contributed by atoms with Crippen molar-refractivity contribution in [3.8, 4) is 10.8 Å². The lowest BCUT2D eigenvalue weighted by Crippen LogP contribution is -1.87. The fraction of sp³-hybridized carbons (Fsp3) is 0.167. The van der Waals surface area contributed by atoms with Crippen LogP contribution in [0.5, 0.6) is 0 Å². The first kappa shape index (κ1) is 11.6. The van der Waals surface area contributed by atoms with E-state index in [1.807, 2.05) is 13.0 Å². The molecule has 2 aromatic rings. The Hall–Kier alpha value is -1.88. The summed E-state index contributed by atoms with van der Waals surface area (Å²) in [5.74, 6) is -0.250. The number of rotatable bonds is 4. The van der Waals surface area contributed by atoms with Crippen molar-refractivity contribution >= 4 is 23.4 Å². The van der Waals surface area contributed by atoms with Crippen LogP contribution in [0.2, 0.25) is 0 Å². The van der Waals surface area contributed by atoms with Crippen molar-refractivity contribution in [3.05, 3.63) is 35.0 Å². The second-order valence-electron chi connectivity index (χ2n) is 3.33. The fourth-order valence-corrected chi connectivity index (χ4v) is 2.42. The molecule has 0 spiro atoms. The van der Waals surface area contributed by atoms with E-state index in [-0.39, 0.29) is 0 Å². The molecule has 0 aliphatic heterocycles. The zero-order valence-corrected chi connectivity index (χ0v) is 10.0. The number of carboxylic acids is 1. The van der Waals surface area contributed by atoms with Gasteiger partial charge in [-0.05, 0) is 24.6 Å². The summed E-state index contributed by atoms with van der Waals surface area (Å²) in [5, 5.41) is 9.38. The number of carboxylic acid groups (broad SMARTS) is 1. The predicted molar refractivity (Wildman–Crippen MR) is 65.9 cm³/mol. The Morgan fingerprint density at radius 1 is 1.65 bits per heavy atom. The molecule has 4 nitrogen and oxygen atoms in total. The molecule has 0 radical (unpaired) electrons. The molecule has 0 saturated heterocycles. The SMILES string of the molecule is CCc1nc(-c2ccco2)sc1/C=C/C(=O)O. The van der Waals surface area contributed by atoms with Crippen LogP contribution in [0.4, 0.5) is 0 Å². The summed E-state index contributed by atoms with van der Waals surface area (Å²) in [6.45, 7) is 1.99. The van der Waals surface area contributed by atoms with E-state index in [2.05, 4.69) is 4.98 Å². The zero-order chi connectivity index (χ0) is 12.3. The number of carbonyl (C=O) groups is 1. The third-order valence-electron chi connectivity index (χ3n) is 2.17. The summed E-state index contributed by atoms with van der Waals surface area (Å²) in [7, 11) is 0. The Balaban J connectivity index is 2.36. The maximum atomic E-state index is 10.5. The lowest BCUT2D eigenvalue weighted by molar-refractivity contribution is -0.131. The van der Waals surface area contributed by atoms with Crippen molar-refractivity contribution in [2.45, 2.75) is 13.3 Å². The average molecular weight is 249 g/mol. The quantitative estimate of drug-likeness (QED) is 0.846. The van der Waals surface area contributed by atoms with E-state index in [0.29, 0.717) is 5.76 Å². The predicted octanol–water partition coefficient (Wildman–Crippen LogP) is 3.06. The first-order valence-corrected chi connectivity index (χ1v) is 5.97. The number of aryl methyl sites for hydroxylation is 1. The maximum absolute atomic E-state index is 10.5. The molecule has 0 fully saturated rings. The molecular formula is C12H11NO3S. The molecule has 1 N–H and O–H groups in total. The van der Waals surface area contributed by atoms with E-state index in [1.165, 1.54) is 11.3 Å². The van der Waals surface area contributed by atoms with Crippen LogP contribution in [0.15, 0.2) is 28.9 Å². The van der Waals surface area contributed by atoms with E-state index >= 15 is 0 Å². The van der Waals surface area contributed by atoms with Gasteiger partial charge in [-0.1, -0.05) is 6.92 Å². The minimum Gasteiger partial charge on any atom is -0.478 e. The third kappa shape index (κ3) is 2.62. The standard InChI is InChI=1S/C12H11NO3S/c1-2-8-10(5-6-11(14)15)17-12(13-8)9-4-3-7-16-9/h3-7H,2H2,1H3,(H,14,15)/b6-5+. The van der Waals surface area contributed by atoms with Crippen LogP contribution in [0, 0.1) is 0 Å². The molecule has 88 valence electrons. The van der Waals surface area contributed by atoms with Crippen molar-refractivity contribution in [2.24, 2.45) is 0 Å². The first-order chi connectivity index (χ1) is 8.20. The molecule has 0 amide bonds. The normalized spacial score (nSPS) is 11.1. The molecule has 2 heterocycles. The Labute approximate surface area is 102 Å². The lowest BCUT2D eigenvalue weighted by atomic mass is 10.3. The van der Waals surface area contributed by atoms with Gasteiger partial charge in [0.25, 0.3) is 0 Å². The Bertz CT molecular complexity index is 540. The van der Waals surface area contributed by atoms with Gasteiger partial charge in [0.05, 0.1) is 16.8 Å². The molecule has 17 heavy (non-hydrogen) atoms. The van der Waals surface area contributed by atoms with Crippen LogP contribution in [-0.4, -0.2) is 16.1 Å². The number of aromatic nitrogens is 1. The van der Waals surface area contributed by atoms with Crippen LogP contribution in [0.1, 0.15) is 17.5 Å². The van der Waals surface area contributed by atoms with Gasteiger partial charge in [-0.2, -0.15) is 0 Å². The van der Waals surface area contributed by atoms with Crippen LogP contribution < -0.4 is 0 Å². The molecule has 0 aliphatic carbocycles. The van der Waals surface area contributed by atoms with Gasteiger partial charge >= 0.3 is 5.97 Å². The van der Waals surface area contributed by atoms with Gasteiger partial charge in [0.15, 0.2) is 10.8 Å². The topological polar surface area (TPSA) is 63.3 Å². The van der Waals surface area contributed by atoms with E-state index < -0.39 is 5.97 Å². The van der Waals surface area contributed by atoms with Gasteiger partial charge in [-0.15, -0.1) is 11.3 Å². The largest absolute Gasteiger partial charge is 0.478 e. The molecule has 2 rings (SSSR count). The molecule has 0 saturated carbocycles. The summed E-state index contributed by atoms with van der Waals surface area (Å²) in [6.07, 6.45) is 5.05. The monoisotopic (exact) mass is 249 g/mol. The van der Waals surface area contributed by atoms with Gasteiger partial charge in [-0.25, -0.2) is 9.78 Å². The number of hydrogen-bond acceptors (Lipinski definition) is 4. The van der Waals surface area contributed by atoms with Gasteiger partial charge < -0.3 is 9.52 Å². The summed E-state index contributed by atoms with van der Waals surface area (Å²) in [4.78, 5) is 15.8. The number of hydrogen-bond donors (Lipinski definition) is 1. The van der Waals surface area contributed by atoms with Gasteiger partial charge in [-0.3, -0.25) is 0 Å². The third-order valence-corrected chi connectivity index (χ3v) is 3.25. The minimum atomic E-state index is -0.958. The summed E-state index contributed by atoms with van der Waals surface area (Å²) in [6, 6.07) is 3.64. The second kappa shape index (κ2) is 4.97. The zero-order valence-electron chi connectivity index (χ0n) is 9.21. The molecule has 2 aromatic heterocycles. The van der Waals surface area contributed by atoms with Crippen molar-refractivity contribution < 1.29 is 14.3 Å². The van der Waals surface area contributed by atoms with Crippen molar-refractivity contribution in [1.29, 1.82) is 0 Å². The van der Waals surface area contributed by atoms with Crippen molar-refractivity contribution in [1.82, 2.24) is 4.98 Å². The molecule has 0 aliphatic rings.